The second kappa shape index (κ2) is 5.31. The number of aliphatic hydroxyl groups is 2. The van der Waals surface area contributed by atoms with Crippen LogP contribution in [-0.4, -0.2) is 34.5 Å². The Balaban J connectivity index is 2.36. The molecule has 0 aromatic rings. The lowest BCUT2D eigenvalue weighted by Crippen LogP contribution is -2.29. The third-order valence-electron chi connectivity index (χ3n) is 3.66. The predicted molar refractivity (Wildman–Crippen MR) is 71.3 cm³/mol. The molecule has 0 amide bonds. The van der Waals surface area contributed by atoms with E-state index in [2.05, 4.69) is 6.58 Å². The molecule has 0 aromatic carbocycles. The van der Waals surface area contributed by atoms with Crippen molar-refractivity contribution < 1.29 is 19.7 Å². The van der Waals surface area contributed by atoms with Gasteiger partial charge in [-0.25, -0.2) is 4.79 Å². The molecule has 0 unspecified atom stereocenters. The van der Waals surface area contributed by atoms with Crippen molar-refractivity contribution in [1.82, 2.24) is 0 Å². The molecule has 2 aliphatic rings. The third-order valence-corrected chi connectivity index (χ3v) is 3.66. The average molecular weight is 264 g/mol. The molecule has 0 saturated carbocycles. The molecule has 1 aliphatic carbocycles. The quantitative estimate of drug-likeness (QED) is 0.395. The molecule has 0 bridgehead atoms. The largest absolute Gasteiger partial charge is 0.454 e. The summed E-state index contributed by atoms with van der Waals surface area (Å²) in [5.74, 6) is -0.847. The van der Waals surface area contributed by atoms with Crippen molar-refractivity contribution in [1.29, 1.82) is 0 Å². The summed E-state index contributed by atoms with van der Waals surface area (Å²) in [7, 11) is 0. The van der Waals surface area contributed by atoms with Gasteiger partial charge in [-0.05, 0) is 32.8 Å². The molecular formula is C15H20O4. The lowest BCUT2D eigenvalue weighted by Gasteiger charge is -2.23. The van der Waals surface area contributed by atoms with Crippen LogP contribution < -0.4 is 0 Å². The Morgan fingerprint density at radius 3 is 2.53 bits per heavy atom. The van der Waals surface area contributed by atoms with Gasteiger partial charge in [0.25, 0.3) is 0 Å². The van der Waals surface area contributed by atoms with Crippen molar-refractivity contribution in [3.8, 4) is 0 Å². The molecule has 2 rings (SSSR count). The zero-order chi connectivity index (χ0) is 14.2. The number of hydrogen-bond acceptors (Lipinski definition) is 4. The Hall–Kier alpha value is -1.39. The van der Waals surface area contributed by atoms with E-state index >= 15 is 0 Å². The predicted octanol–water partition coefficient (Wildman–Crippen LogP) is 1.49. The first-order valence-corrected chi connectivity index (χ1v) is 6.49. The average Bonchev–Trinajstić information content (AvgIpc) is 2.52. The van der Waals surface area contributed by atoms with Gasteiger partial charge < -0.3 is 14.9 Å². The van der Waals surface area contributed by atoms with Gasteiger partial charge in [0.1, 0.15) is 6.10 Å². The monoisotopic (exact) mass is 264 g/mol. The third kappa shape index (κ3) is 2.96. The van der Waals surface area contributed by atoms with Gasteiger partial charge in [-0.1, -0.05) is 23.8 Å². The van der Waals surface area contributed by atoms with E-state index in [1.165, 1.54) is 0 Å². The first kappa shape index (κ1) is 14.0. The van der Waals surface area contributed by atoms with Gasteiger partial charge in [0.15, 0.2) is 0 Å². The zero-order valence-corrected chi connectivity index (χ0v) is 11.3. The van der Waals surface area contributed by atoms with E-state index in [1.807, 2.05) is 19.9 Å². The number of hydrogen-bond donors (Lipinski definition) is 2. The number of esters is 1. The summed E-state index contributed by atoms with van der Waals surface area (Å²) in [6.45, 7) is 7.47. The van der Waals surface area contributed by atoms with Crippen LogP contribution in [-0.2, 0) is 9.53 Å². The molecule has 4 atom stereocenters. The van der Waals surface area contributed by atoms with Crippen LogP contribution >= 0.6 is 0 Å². The van der Waals surface area contributed by atoms with Crippen LogP contribution in [0.15, 0.2) is 35.5 Å². The zero-order valence-electron chi connectivity index (χ0n) is 11.3. The number of fused-ring (bicyclic) bond motifs is 1. The van der Waals surface area contributed by atoms with E-state index in [0.29, 0.717) is 18.4 Å². The van der Waals surface area contributed by atoms with Crippen molar-refractivity contribution in [3.05, 3.63) is 35.5 Å². The highest BCUT2D eigenvalue weighted by atomic mass is 16.6. The molecule has 1 saturated heterocycles. The molecule has 1 aliphatic heterocycles. The standard InChI is InChI=1S/C15H20O4/c1-8-4-11(16)5-9(2)7-13-14(12(17)6-8)10(3)15(18)19-13/h4,7,11-14,16-17H,3,5-6H2,1-2H3/b8-4+,9-7+/t11-,12+,13+,14-/m0/s1. The fourth-order valence-corrected chi connectivity index (χ4v) is 2.79. The molecule has 1 fully saturated rings. The van der Waals surface area contributed by atoms with E-state index < -0.39 is 30.2 Å². The molecule has 104 valence electrons. The summed E-state index contributed by atoms with van der Waals surface area (Å²) >= 11 is 0. The second-order valence-electron chi connectivity index (χ2n) is 5.49. The number of aliphatic hydroxyl groups excluding tert-OH is 2. The summed E-state index contributed by atoms with van der Waals surface area (Å²) in [5, 5.41) is 20.2. The first-order chi connectivity index (χ1) is 8.88. The molecule has 0 radical (unpaired) electrons. The number of carbonyl (C=O) groups is 1. The van der Waals surface area contributed by atoms with Crippen LogP contribution in [0.3, 0.4) is 0 Å². The minimum Gasteiger partial charge on any atom is -0.454 e. The van der Waals surface area contributed by atoms with Gasteiger partial charge in [-0.2, -0.15) is 0 Å². The number of rotatable bonds is 0. The fourth-order valence-electron chi connectivity index (χ4n) is 2.79. The summed E-state index contributed by atoms with van der Waals surface area (Å²) in [5.41, 5.74) is 2.17. The van der Waals surface area contributed by atoms with Crippen molar-refractivity contribution in [2.24, 2.45) is 5.92 Å². The van der Waals surface area contributed by atoms with Gasteiger partial charge in [0.05, 0.1) is 18.1 Å². The molecule has 0 spiro atoms. The second-order valence-corrected chi connectivity index (χ2v) is 5.49. The lowest BCUT2D eigenvalue weighted by atomic mass is 9.85. The maximum Gasteiger partial charge on any atom is 0.334 e. The molecule has 4 heteroatoms. The minimum atomic E-state index is -0.727. The van der Waals surface area contributed by atoms with Crippen LogP contribution in [0.25, 0.3) is 0 Å². The lowest BCUT2D eigenvalue weighted by molar-refractivity contribution is -0.137. The Labute approximate surface area is 113 Å². The maximum absolute atomic E-state index is 11.6. The van der Waals surface area contributed by atoms with E-state index in [1.54, 1.807) is 6.08 Å². The van der Waals surface area contributed by atoms with Crippen molar-refractivity contribution in [2.75, 3.05) is 0 Å². The van der Waals surface area contributed by atoms with Crippen molar-refractivity contribution >= 4 is 5.97 Å². The van der Waals surface area contributed by atoms with E-state index in [-0.39, 0.29) is 0 Å². The van der Waals surface area contributed by atoms with E-state index in [4.69, 9.17) is 4.74 Å². The number of ether oxygens (including phenoxy) is 1. The summed E-state index contributed by atoms with van der Waals surface area (Å²) in [6.07, 6.45) is 2.69. The minimum absolute atomic E-state index is 0.329. The summed E-state index contributed by atoms with van der Waals surface area (Å²) in [6, 6.07) is 0. The van der Waals surface area contributed by atoms with Crippen LogP contribution in [0, 0.1) is 5.92 Å². The summed E-state index contributed by atoms with van der Waals surface area (Å²) < 4.78 is 5.24. The Morgan fingerprint density at radius 2 is 1.84 bits per heavy atom. The van der Waals surface area contributed by atoms with Gasteiger partial charge in [0.2, 0.25) is 0 Å². The van der Waals surface area contributed by atoms with Crippen molar-refractivity contribution in [2.45, 2.75) is 45.0 Å². The van der Waals surface area contributed by atoms with Gasteiger partial charge in [-0.3, -0.25) is 0 Å². The van der Waals surface area contributed by atoms with Crippen LogP contribution in [0.1, 0.15) is 26.7 Å². The number of carbonyl (C=O) groups excluding carboxylic acids is 1. The maximum atomic E-state index is 11.6. The SMILES string of the molecule is C=C1C(=O)O[C@@H]2/C=C(\C)C[C@@H](O)/C=C(\C)C[C@@H](O)[C@H]12. The molecule has 19 heavy (non-hydrogen) atoms. The summed E-state index contributed by atoms with van der Waals surface area (Å²) in [4.78, 5) is 11.6. The van der Waals surface area contributed by atoms with E-state index in [0.717, 1.165) is 11.1 Å². The smallest absolute Gasteiger partial charge is 0.334 e. The Kier molecular flexibility index (Phi) is 3.92. The van der Waals surface area contributed by atoms with Crippen LogP contribution in [0.2, 0.25) is 0 Å². The molecule has 4 nitrogen and oxygen atoms in total. The Bertz CT molecular complexity index is 461. The van der Waals surface area contributed by atoms with Gasteiger partial charge in [-0.15, -0.1) is 0 Å². The highest BCUT2D eigenvalue weighted by molar-refractivity contribution is 5.91. The van der Waals surface area contributed by atoms with Gasteiger partial charge in [0, 0.05) is 5.57 Å². The van der Waals surface area contributed by atoms with Crippen molar-refractivity contribution in [3.63, 3.8) is 0 Å². The fraction of sp³-hybridized carbons (Fsp3) is 0.533. The molecular weight excluding hydrogens is 244 g/mol. The van der Waals surface area contributed by atoms with Crippen LogP contribution in [0.4, 0.5) is 0 Å². The topological polar surface area (TPSA) is 66.8 Å². The molecule has 0 aromatic heterocycles. The molecule has 2 N–H and O–H groups in total. The van der Waals surface area contributed by atoms with Crippen LogP contribution in [0.5, 0.6) is 0 Å². The highest BCUT2D eigenvalue weighted by Crippen LogP contribution is 2.34. The highest BCUT2D eigenvalue weighted by Gasteiger charge is 2.42. The van der Waals surface area contributed by atoms with E-state index in [9.17, 15) is 15.0 Å². The first-order valence-electron chi connectivity index (χ1n) is 6.49. The molecule has 1 heterocycles. The van der Waals surface area contributed by atoms with Gasteiger partial charge >= 0.3 is 5.97 Å². The normalized spacial score (nSPS) is 41.7. The Morgan fingerprint density at radius 1 is 1.21 bits per heavy atom.